The molecule has 0 atom stereocenters. The number of para-hydroxylation sites is 1. The van der Waals surface area contributed by atoms with Gasteiger partial charge in [0.2, 0.25) is 0 Å². The second-order valence-electron chi connectivity index (χ2n) is 2.96. The third-order valence-corrected chi connectivity index (χ3v) is 1.81. The minimum Gasteiger partial charge on any atom is -0.379 e. The van der Waals surface area contributed by atoms with E-state index in [1.54, 1.807) is 18.2 Å². The number of nitro groups is 1. The van der Waals surface area contributed by atoms with E-state index in [0.717, 1.165) is 26.3 Å². The van der Waals surface area contributed by atoms with Crippen molar-refractivity contribution < 1.29 is 9.66 Å². The van der Waals surface area contributed by atoms with Gasteiger partial charge in [-0.05, 0) is 0 Å². The molecule has 1 saturated heterocycles. The molecular formula is C10H14N2O3. The highest BCUT2D eigenvalue weighted by Gasteiger charge is 1.98. The lowest BCUT2D eigenvalue weighted by atomic mass is 10.3. The summed E-state index contributed by atoms with van der Waals surface area (Å²) in [5.41, 5.74) is 0.137. The second kappa shape index (κ2) is 6.92. The zero-order valence-electron chi connectivity index (χ0n) is 8.39. The summed E-state index contributed by atoms with van der Waals surface area (Å²) in [6, 6.07) is 7.93. The molecule has 0 saturated carbocycles. The van der Waals surface area contributed by atoms with Crippen molar-refractivity contribution in [2.45, 2.75) is 0 Å². The third kappa shape index (κ3) is 5.09. The van der Waals surface area contributed by atoms with Crippen LogP contribution in [0, 0.1) is 10.1 Å². The first-order valence-electron chi connectivity index (χ1n) is 4.78. The van der Waals surface area contributed by atoms with Gasteiger partial charge in [0, 0.05) is 25.2 Å². The van der Waals surface area contributed by atoms with E-state index in [1.807, 2.05) is 0 Å². The van der Waals surface area contributed by atoms with E-state index in [0.29, 0.717) is 0 Å². The molecule has 0 amide bonds. The van der Waals surface area contributed by atoms with Crippen molar-refractivity contribution in [3.05, 3.63) is 40.4 Å². The number of ether oxygens (including phenoxy) is 1. The van der Waals surface area contributed by atoms with Crippen LogP contribution < -0.4 is 5.32 Å². The molecule has 0 aliphatic carbocycles. The summed E-state index contributed by atoms with van der Waals surface area (Å²) in [6.07, 6.45) is 0. The molecule has 1 aliphatic rings. The minimum atomic E-state index is -0.417. The van der Waals surface area contributed by atoms with Crippen molar-refractivity contribution in [1.82, 2.24) is 5.32 Å². The van der Waals surface area contributed by atoms with E-state index < -0.39 is 4.92 Å². The van der Waals surface area contributed by atoms with Crippen molar-refractivity contribution in [2.75, 3.05) is 26.3 Å². The molecule has 15 heavy (non-hydrogen) atoms. The topological polar surface area (TPSA) is 64.4 Å². The molecule has 1 fully saturated rings. The number of nitrogens with one attached hydrogen (secondary N) is 1. The smallest absolute Gasteiger partial charge is 0.269 e. The van der Waals surface area contributed by atoms with E-state index in [9.17, 15) is 10.1 Å². The van der Waals surface area contributed by atoms with Gasteiger partial charge in [0.25, 0.3) is 5.69 Å². The third-order valence-electron chi connectivity index (χ3n) is 1.81. The average Bonchev–Trinajstić information content (AvgIpc) is 2.33. The first-order valence-corrected chi connectivity index (χ1v) is 4.78. The maximum Gasteiger partial charge on any atom is 0.269 e. The van der Waals surface area contributed by atoms with Gasteiger partial charge in [-0.25, -0.2) is 0 Å². The predicted molar refractivity (Wildman–Crippen MR) is 56.8 cm³/mol. The number of hydrogen-bond acceptors (Lipinski definition) is 4. The van der Waals surface area contributed by atoms with Crippen LogP contribution in [-0.4, -0.2) is 31.2 Å². The highest BCUT2D eigenvalue weighted by molar-refractivity contribution is 5.27. The van der Waals surface area contributed by atoms with Crippen molar-refractivity contribution in [1.29, 1.82) is 0 Å². The maximum atomic E-state index is 10.0. The molecule has 1 aliphatic heterocycles. The zero-order chi connectivity index (χ0) is 10.9. The molecule has 1 aromatic carbocycles. The van der Waals surface area contributed by atoms with E-state index in [1.165, 1.54) is 12.1 Å². The van der Waals surface area contributed by atoms with Gasteiger partial charge >= 0.3 is 0 Å². The summed E-state index contributed by atoms with van der Waals surface area (Å²) >= 11 is 0. The van der Waals surface area contributed by atoms with Gasteiger partial charge in [-0.2, -0.15) is 0 Å². The fourth-order valence-corrected chi connectivity index (χ4v) is 1.07. The molecule has 0 aromatic heterocycles. The van der Waals surface area contributed by atoms with Crippen LogP contribution in [0.3, 0.4) is 0 Å². The quantitative estimate of drug-likeness (QED) is 0.558. The van der Waals surface area contributed by atoms with Crippen LogP contribution in [0.5, 0.6) is 0 Å². The Morgan fingerprint density at radius 3 is 2.07 bits per heavy atom. The Labute approximate surface area is 88.2 Å². The Kier molecular flexibility index (Phi) is 5.35. The Balaban J connectivity index is 0.000000162. The summed E-state index contributed by atoms with van der Waals surface area (Å²) in [7, 11) is 0. The number of benzene rings is 1. The van der Waals surface area contributed by atoms with Crippen LogP contribution in [-0.2, 0) is 4.74 Å². The van der Waals surface area contributed by atoms with Gasteiger partial charge in [-0.1, -0.05) is 18.2 Å². The summed E-state index contributed by atoms with van der Waals surface area (Å²) in [5, 5.41) is 13.2. The number of morpholine rings is 1. The van der Waals surface area contributed by atoms with E-state index in [2.05, 4.69) is 5.32 Å². The van der Waals surface area contributed by atoms with E-state index in [4.69, 9.17) is 4.74 Å². The molecule has 1 N–H and O–H groups in total. The van der Waals surface area contributed by atoms with Gasteiger partial charge in [-0.3, -0.25) is 10.1 Å². The number of rotatable bonds is 1. The first kappa shape index (κ1) is 11.6. The molecule has 5 heteroatoms. The second-order valence-corrected chi connectivity index (χ2v) is 2.96. The van der Waals surface area contributed by atoms with Crippen molar-refractivity contribution >= 4 is 5.69 Å². The highest BCUT2D eigenvalue weighted by Crippen LogP contribution is 2.06. The molecule has 1 aromatic rings. The van der Waals surface area contributed by atoms with E-state index >= 15 is 0 Å². The monoisotopic (exact) mass is 210 g/mol. The molecule has 82 valence electrons. The zero-order valence-corrected chi connectivity index (χ0v) is 8.39. The van der Waals surface area contributed by atoms with Crippen LogP contribution in [0.25, 0.3) is 0 Å². The molecular weight excluding hydrogens is 196 g/mol. The van der Waals surface area contributed by atoms with Gasteiger partial charge < -0.3 is 10.1 Å². The van der Waals surface area contributed by atoms with Crippen LogP contribution in [0.15, 0.2) is 30.3 Å². The average molecular weight is 210 g/mol. The largest absolute Gasteiger partial charge is 0.379 e. The number of non-ortho nitro benzene ring substituents is 1. The van der Waals surface area contributed by atoms with E-state index in [-0.39, 0.29) is 5.69 Å². The predicted octanol–water partition coefficient (Wildman–Crippen LogP) is 1.20. The molecule has 0 spiro atoms. The standard InChI is InChI=1S/C6H5NO2.C4H9NO/c8-7(9)6-4-2-1-3-5-6;1-3-6-4-2-5-1/h1-5H;5H,1-4H2. The van der Waals surface area contributed by atoms with Gasteiger partial charge in [0.15, 0.2) is 0 Å². The van der Waals surface area contributed by atoms with Crippen molar-refractivity contribution in [3.8, 4) is 0 Å². The summed E-state index contributed by atoms with van der Waals surface area (Å²) in [6.45, 7) is 3.83. The minimum absolute atomic E-state index is 0.137. The number of nitro benzene ring substituents is 1. The summed E-state index contributed by atoms with van der Waals surface area (Å²) < 4.78 is 5.01. The Hall–Kier alpha value is -1.46. The fourth-order valence-electron chi connectivity index (χ4n) is 1.07. The molecule has 0 unspecified atom stereocenters. The van der Waals surface area contributed by atoms with Gasteiger partial charge in [0.05, 0.1) is 18.1 Å². The highest BCUT2D eigenvalue weighted by atomic mass is 16.6. The Bertz CT molecular complexity index is 274. The van der Waals surface area contributed by atoms with Crippen LogP contribution in [0.4, 0.5) is 5.69 Å². The Morgan fingerprint density at radius 1 is 1.20 bits per heavy atom. The fraction of sp³-hybridized carbons (Fsp3) is 0.400. The molecule has 5 nitrogen and oxygen atoms in total. The number of nitrogens with zero attached hydrogens (tertiary/aromatic N) is 1. The SMILES string of the molecule is C1COCCN1.O=[N+]([O-])c1ccccc1. The lowest BCUT2D eigenvalue weighted by Crippen LogP contribution is -2.30. The van der Waals surface area contributed by atoms with Gasteiger partial charge in [0.1, 0.15) is 0 Å². The van der Waals surface area contributed by atoms with Crippen LogP contribution in [0.1, 0.15) is 0 Å². The first-order chi connectivity index (χ1) is 7.30. The summed E-state index contributed by atoms with van der Waals surface area (Å²) in [4.78, 5) is 9.59. The molecule has 0 bridgehead atoms. The summed E-state index contributed by atoms with van der Waals surface area (Å²) in [5.74, 6) is 0. The lowest BCUT2D eigenvalue weighted by Gasteiger charge is -2.10. The molecule has 2 rings (SSSR count). The maximum absolute atomic E-state index is 10.0. The normalized spacial score (nSPS) is 14.9. The molecule has 0 radical (unpaired) electrons. The van der Waals surface area contributed by atoms with Crippen molar-refractivity contribution in [3.63, 3.8) is 0 Å². The van der Waals surface area contributed by atoms with Crippen LogP contribution >= 0.6 is 0 Å². The lowest BCUT2D eigenvalue weighted by molar-refractivity contribution is -0.384. The van der Waals surface area contributed by atoms with Crippen LogP contribution in [0.2, 0.25) is 0 Å². The van der Waals surface area contributed by atoms with Gasteiger partial charge in [-0.15, -0.1) is 0 Å². The molecule has 1 heterocycles. The Morgan fingerprint density at radius 2 is 1.80 bits per heavy atom. The number of hydrogen-bond donors (Lipinski definition) is 1. The van der Waals surface area contributed by atoms with Crippen molar-refractivity contribution in [2.24, 2.45) is 0 Å².